The van der Waals surface area contributed by atoms with Crippen LogP contribution in [0.3, 0.4) is 0 Å². The van der Waals surface area contributed by atoms with Crippen molar-refractivity contribution in [2.45, 2.75) is 50.4 Å². The molecule has 1 aliphatic rings. The molecule has 0 bridgehead atoms. The lowest BCUT2D eigenvalue weighted by molar-refractivity contribution is -0.132. The van der Waals surface area contributed by atoms with Gasteiger partial charge in [0.15, 0.2) is 5.16 Å². The number of rotatable bonds is 8. The minimum Gasteiger partial charge on any atom is -0.339 e. The Morgan fingerprint density at radius 3 is 2.41 bits per heavy atom. The van der Waals surface area contributed by atoms with Crippen LogP contribution in [-0.4, -0.2) is 63.2 Å². The Balaban J connectivity index is 1.79. The molecule has 1 aromatic carbocycles. The highest BCUT2D eigenvalue weighted by atomic mass is 32.2. The average molecular weight is 461 g/mol. The largest absolute Gasteiger partial charge is 0.339 e. The Morgan fingerprint density at radius 2 is 1.81 bits per heavy atom. The molecule has 1 saturated heterocycles. The molecule has 0 aliphatic carbocycles. The van der Waals surface area contributed by atoms with Crippen LogP contribution in [-0.2, 0) is 18.3 Å². The molecule has 1 amide bonds. The minimum atomic E-state index is -0.300. The number of aryl methyl sites for hydroxylation is 1. The summed E-state index contributed by atoms with van der Waals surface area (Å²) in [5, 5.41) is 0.308. The second-order valence-corrected chi connectivity index (χ2v) is 9.45. The number of piperazine rings is 1. The molecule has 1 fully saturated rings. The average Bonchev–Trinajstić information content (AvgIpc) is 2.80. The van der Waals surface area contributed by atoms with Crippen LogP contribution in [0, 0.1) is 12.7 Å². The topological polar surface area (TPSA) is 58.4 Å². The third-order valence-electron chi connectivity index (χ3n) is 6.05. The number of hydrogen-bond acceptors (Lipinski definition) is 5. The van der Waals surface area contributed by atoms with E-state index in [9.17, 15) is 14.0 Å². The zero-order chi connectivity index (χ0) is 23.3. The molecule has 0 radical (unpaired) electrons. The van der Waals surface area contributed by atoms with Crippen molar-refractivity contribution in [2.75, 3.05) is 32.7 Å². The molecule has 6 nitrogen and oxygen atoms in total. The van der Waals surface area contributed by atoms with Crippen molar-refractivity contribution in [3.8, 4) is 0 Å². The lowest BCUT2D eigenvalue weighted by Gasteiger charge is -2.35. The van der Waals surface area contributed by atoms with E-state index in [-0.39, 0.29) is 22.5 Å². The number of likely N-dealkylation sites (N-methyl/N-ethyl adjacent to an activating group) is 1. The molecule has 32 heavy (non-hydrogen) atoms. The summed E-state index contributed by atoms with van der Waals surface area (Å²) in [6, 6.07) is 6.17. The quantitative estimate of drug-likeness (QED) is 0.447. The first-order chi connectivity index (χ1) is 15.3. The maximum absolute atomic E-state index is 13.2. The summed E-state index contributed by atoms with van der Waals surface area (Å²) in [4.78, 5) is 35.3. The van der Waals surface area contributed by atoms with E-state index >= 15 is 0 Å². The second-order valence-electron chi connectivity index (χ2n) is 8.28. The number of amides is 1. The first-order valence-corrected chi connectivity index (χ1v) is 12.2. The van der Waals surface area contributed by atoms with Gasteiger partial charge < -0.3 is 9.80 Å². The van der Waals surface area contributed by atoms with E-state index in [1.165, 1.54) is 23.9 Å². The monoisotopic (exact) mass is 460 g/mol. The molecule has 2 heterocycles. The van der Waals surface area contributed by atoms with Gasteiger partial charge in [-0.05, 0) is 37.6 Å². The molecule has 1 atom stereocenters. The second kappa shape index (κ2) is 11.1. The first-order valence-electron chi connectivity index (χ1n) is 11.3. The summed E-state index contributed by atoms with van der Waals surface area (Å²) in [6.07, 6.45) is 2.02. The van der Waals surface area contributed by atoms with Crippen LogP contribution < -0.4 is 5.56 Å². The first kappa shape index (κ1) is 24.5. The zero-order valence-corrected chi connectivity index (χ0v) is 20.3. The van der Waals surface area contributed by atoms with Gasteiger partial charge in [-0.2, -0.15) is 0 Å². The van der Waals surface area contributed by atoms with Gasteiger partial charge in [0, 0.05) is 50.9 Å². The van der Waals surface area contributed by atoms with E-state index < -0.39 is 0 Å². The van der Waals surface area contributed by atoms with E-state index in [1.54, 1.807) is 23.7 Å². The summed E-state index contributed by atoms with van der Waals surface area (Å²) in [7, 11) is 1.71. The van der Waals surface area contributed by atoms with Crippen LogP contribution >= 0.6 is 11.8 Å². The number of carbonyl (C=O) groups is 1. The normalized spacial score (nSPS) is 15.7. The van der Waals surface area contributed by atoms with Crippen LogP contribution in [0.5, 0.6) is 0 Å². The number of aromatic nitrogens is 2. The number of nitrogens with zero attached hydrogens (tertiary/aromatic N) is 4. The molecule has 0 saturated carbocycles. The lowest BCUT2D eigenvalue weighted by Crippen LogP contribution is -2.50. The van der Waals surface area contributed by atoms with Crippen molar-refractivity contribution >= 4 is 17.7 Å². The van der Waals surface area contributed by atoms with Gasteiger partial charge >= 0.3 is 0 Å². The Labute approximate surface area is 193 Å². The van der Waals surface area contributed by atoms with E-state index in [0.717, 1.165) is 51.1 Å². The minimum absolute atomic E-state index is 0.122. The van der Waals surface area contributed by atoms with Gasteiger partial charge in [-0.15, -0.1) is 0 Å². The van der Waals surface area contributed by atoms with Gasteiger partial charge in [0.1, 0.15) is 5.82 Å². The fourth-order valence-corrected chi connectivity index (χ4v) is 5.24. The highest BCUT2D eigenvalue weighted by molar-refractivity contribution is 8.00. The maximum Gasteiger partial charge on any atom is 0.257 e. The van der Waals surface area contributed by atoms with Gasteiger partial charge in [0.2, 0.25) is 5.91 Å². The summed E-state index contributed by atoms with van der Waals surface area (Å²) in [5.74, 6) is -0.166. The molecular formula is C24H33FN4O2S. The molecule has 2 aromatic rings. The van der Waals surface area contributed by atoms with Crippen LogP contribution in [0.1, 0.15) is 43.5 Å². The van der Waals surface area contributed by atoms with Crippen molar-refractivity contribution in [3.05, 3.63) is 57.3 Å². The summed E-state index contributed by atoms with van der Waals surface area (Å²) in [6.45, 7) is 10.3. The van der Waals surface area contributed by atoms with Crippen molar-refractivity contribution in [1.29, 1.82) is 0 Å². The summed E-state index contributed by atoms with van der Waals surface area (Å²) >= 11 is 1.39. The Morgan fingerprint density at radius 1 is 1.16 bits per heavy atom. The molecule has 1 unspecified atom stereocenters. The fourth-order valence-electron chi connectivity index (χ4n) is 3.96. The molecule has 8 heteroatoms. The number of benzene rings is 1. The Kier molecular flexibility index (Phi) is 8.48. The Bertz CT molecular complexity index is 985. The number of hydrogen-bond donors (Lipinski definition) is 0. The standard InChI is InChI=1S/C24H33FN4O2S/c1-5-7-21(23(31)29-14-12-28(6-2)13-15-29)32-24-26-17(3)20(22(30)27(24)4)16-18-8-10-19(25)11-9-18/h8-11,21H,5-7,12-16H2,1-4H3. The van der Waals surface area contributed by atoms with Gasteiger partial charge in [-0.3, -0.25) is 14.2 Å². The van der Waals surface area contributed by atoms with E-state index in [1.807, 2.05) is 11.8 Å². The van der Waals surface area contributed by atoms with Crippen molar-refractivity contribution in [1.82, 2.24) is 19.4 Å². The number of thioether (sulfide) groups is 1. The molecule has 174 valence electrons. The highest BCUT2D eigenvalue weighted by Gasteiger charge is 2.29. The van der Waals surface area contributed by atoms with E-state index in [4.69, 9.17) is 4.98 Å². The van der Waals surface area contributed by atoms with Crippen molar-refractivity contribution in [3.63, 3.8) is 0 Å². The SMILES string of the molecule is CCCC(Sc1nc(C)c(Cc2ccc(F)cc2)c(=O)n1C)C(=O)N1CCN(CC)CC1. The molecule has 1 aliphatic heterocycles. The smallest absolute Gasteiger partial charge is 0.257 e. The van der Waals surface area contributed by atoms with Crippen LogP contribution in [0.15, 0.2) is 34.2 Å². The zero-order valence-electron chi connectivity index (χ0n) is 19.4. The predicted octanol–water partition coefficient (Wildman–Crippen LogP) is 3.24. The number of carbonyl (C=O) groups excluding carboxylic acids is 1. The third-order valence-corrected chi connectivity index (χ3v) is 7.35. The Hall–Kier alpha value is -2.19. The highest BCUT2D eigenvalue weighted by Crippen LogP contribution is 2.27. The number of halogens is 1. The van der Waals surface area contributed by atoms with Crippen LogP contribution in [0.2, 0.25) is 0 Å². The molecule has 3 rings (SSSR count). The van der Waals surface area contributed by atoms with Crippen LogP contribution in [0.4, 0.5) is 4.39 Å². The van der Waals surface area contributed by atoms with Gasteiger partial charge in [0.25, 0.3) is 5.56 Å². The molecular weight excluding hydrogens is 427 g/mol. The van der Waals surface area contributed by atoms with Gasteiger partial charge in [-0.25, -0.2) is 9.37 Å². The van der Waals surface area contributed by atoms with Crippen LogP contribution in [0.25, 0.3) is 0 Å². The summed E-state index contributed by atoms with van der Waals surface area (Å²) < 4.78 is 14.8. The van der Waals surface area contributed by atoms with Gasteiger partial charge in [-0.1, -0.05) is 44.2 Å². The lowest BCUT2D eigenvalue weighted by atomic mass is 10.1. The van der Waals surface area contributed by atoms with Gasteiger partial charge in [0.05, 0.1) is 5.25 Å². The van der Waals surface area contributed by atoms with Crippen molar-refractivity contribution < 1.29 is 9.18 Å². The van der Waals surface area contributed by atoms with Crippen molar-refractivity contribution in [2.24, 2.45) is 7.05 Å². The summed E-state index contributed by atoms with van der Waals surface area (Å²) in [5.41, 5.74) is 1.99. The third kappa shape index (κ3) is 5.78. The molecule has 0 N–H and O–H groups in total. The van der Waals surface area contributed by atoms with E-state index in [2.05, 4.69) is 18.7 Å². The predicted molar refractivity (Wildman–Crippen MR) is 127 cm³/mol. The fraction of sp³-hybridized carbons (Fsp3) is 0.542. The molecule has 1 aromatic heterocycles. The maximum atomic E-state index is 13.2. The van der Waals surface area contributed by atoms with E-state index in [0.29, 0.717) is 22.8 Å². The molecule has 0 spiro atoms.